The van der Waals surface area contributed by atoms with Gasteiger partial charge in [-0.05, 0) is 36.2 Å². The maximum atomic E-state index is 11.7. The van der Waals surface area contributed by atoms with E-state index in [0.717, 1.165) is 5.56 Å². The molecular formula is C16H15ClN2O2. The number of hydrogen-bond donors (Lipinski definition) is 2. The van der Waals surface area contributed by atoms with Crippen LogP contribution in [0, 0.1) is 0 Å². The molecule has 0 aliphatic rings. The Bertz CT molecular complexity index is 612. The van der Waals surface area contributed by atoms with Gasteiger partial charge in [-0.2, -0.15) is 0 Å². The van der Waals surface area contributed by atoms with Crippen molar-refractivity contribution in [3.8, 4) is 0 Å². The maximum absolute atomic E-state index is 11.7. The minimum absolute atomic E-state index is 0.414. The van der Waals surface area contributed by atoms with Gasteiger partial charge in [0.15, 0.2) is 0 Å². The molecule has 0 atom stereocenters. The molecule has 2 N–H and O–H groups in total. The molecule has 0 bridgehead atoms. The summed E-state index contributed by atoms with van der Waals surface area (Å²) in [5.41, 5.74) is 1.64. The van der Waals surface area contributed by atoms with Crippen molar-refractivity contribution in [2.24, 2.45) is 0 Å². The van der Waals surface area contributed by atoms with Gasteiger partial charge in [0.2, 0.25) is 0 Å². The van der Waals surface area contributed by atoms with Crippen LogP contribution in [-0.2, 0) is 16.0 Å². The van der Waals surface area contributed by atoms with Gasteiger partial charge in [0.25, 0.3) is 0 Å². The molecular weight excluding hydrogens is 288 g/mol. The Morgan fingerprint density at radius 1 is 0.905 bits per heavy atom. The summed E-state index contributed by atoms with van der Waals surface area (Å²) in [5, 5.41) is 5.66. The summed E-state index contributed by atoms with van der Waals surface area (Å²) in [6.45, 7) is 0.414. The molecule has 0 radical (unpaired) electrons. The fourth-order valence-electron chi connectivity index (χ4n) is 1.77. The monoisotopic (exact) mass is 302 g/mol. The van der Waals surface area contributed by atoms with Crippen molar-refractivity contribution in [1.29, 1.82) is 0 Å². The van der Waals surface area contributed by atoms with Crippen LogP contribution >= 0.6 is 11.6 Å². The van der Waals surface area contributed by atoms with Gasteiger partial charge in [0, 0.05) is 17.3 Å². The third-order valence-electron chi connectivity index (χ3n) is 2.85. The normalized spacial score (nSPS) is 9.95. The van der Waals surface area contributed by atoms with Crippen molar-refractivity contribution in [1.82, 2.24) is 5.32 Å². The quantitative estimate of drug-likeness (QED) is 0.853. The summed E-state index contributed by atoms with van der Waals surface area (Å²) in [4.78, 5) is 23.3. The van der Waals surface area contributed by atoms with Crippen molar-refractivity contribution in [3.05, 3.63) is 65.2 Å². The first-order valence-electron chi connectivity index (χ1n) is 6.54. The van der Waals surface area contributed by atoms with Crippen LogP contribution in [0.25, 0.3) is 0 Å². The zero-order valence-corrected chi connectivity index (χ0v) is 12.1. The zero-order valence-electron chi connectivity index (χ0n) is 11.3. The molecule has 0 unspecified atom stereocenters. The Kier molecular flexibility index (Phi) is 5.35. The number of rotatable bonds is 4. The predicted molar refractivity (Wildman–Crippen MR) is 83.2 cm³/mol. The van der Waals surface area contributed by atoms with E-state index < -0.39 is 11.8 Å². The topological polar surface area (TPSA) is 58.2 Å². The Morgan fingerprint density at radius 3 is 2.24 bits per heavy atom. The lowest BCUT2D eigenvalue weighted by Crippen LogP contribution is -2.36. The van der Waals surface area contributed by atoms with E-state index in [1.165, 1.54) is 0 Å². The van der Waals surface area contributed by atoms with Crippen molar-refractivity contribution in [3.63, 3.8) is 0 Å². The van der Waals surface area contributed by atoms with Gasteiger partial charge in [-0.25, -0.2) is 0 Å². The van der Waals surface area contributed by atoms with Crippen LogP contribution in [0.5, 0.6) is 0 Å². The Labute approximate surface area is 128 Å². The molecule has 2 aromatic carbocycles. The summed E-state index contributed by atoms with van der Waals surface area (Å²) in [6.07, 6.45) is 0.681. The number of benzene rings is 2. The second-order valence-corrected chi connectivity index (χ2v) is 4.89. The molecule has 0 spiro atoms. The van der Waals surface area contributed by atoms with Gasteiger partial charge in [-0.1, -0.05) is 41.9 Å². The van der Waals surface area contributed by atoms with E-state index in [-0.39, 0.29) is 0 Å². The van der Waals surface area contributed by atoms with Crippen LogP contribution in [0.2, 0.25) is 5.02 Å². The molecule has 0 saturated carbocycles. The lowest BCUT2D eigenvalue weighted by Gasteiger charge is -2.06. The predicted octanol–water partition coefficient (Wildman–Crippen LogP) is 2.64. The first-order chi connectivity index (χ1) is 10.1. The smallest absolute Gasteiger partial charge is 0.313 e. The summed E-state index contributed by atoms with van der Waals surface area (Å²) in [6, 6.07) is 16.3. The molecule has 0 aliphatic heterocycles. The molecule has 5 heteroatoms. The number of nitrogens with one attached hydrogen (secondary N) is 2. The molecule has 0 aromatic heterocycles. The van der Waals surface area contributed by atoms with Gasteiger partial charge < -0.3 is 10.6 Å². The Morgan fingerprint density at radius 2 is 1.57 bits per heavy atom. The first kappa shape index (κ1) is 15.1. The number of carbonyl (C=O) groups excluding carboxylic acids is 2. The van der Waals surface area contributed by atoms with Gasteiger partial charge >= 0.3 is 11.8 Å². The van der Waals surface area contributed by atoms with Crippen LogP contribution in [-0.4, -0.2) is 18.4 Å². The number of hydrogen-bond acceptors (Lipinski definition) is 2. The van der Waals surface area contributed by atoms with E-state index >= 15 is 0 Å². The van der Waals surface area contributed by atoms with Gasteiger partial charge in [0.05, 0.1) is 0 Å². The van der Waals surface area contributed by atoms with E-state index in [2.05, 4.69) is 10.6 Å². The lowest BCUT2D eigenvalue weighted by atomic mass is 10.1. The zero-order chi connectivity index (χ0) is 15.1. The van der Waals surface area contributed by atoms with E-state index in [1.54, 1.807) is 24.3 Å². The van der Waals surface area contributed by atoms with Crippen LogP contribution < -0.4 is 10.6 Å². The lowest BCUT2D eigenvalue weighted by molar-refractivity contribution is -0.136. The van der Waals surface area contributed by atoms with E-state index in [0.29, 0.717) is 23.7 Å². The molecule has 21 heavy (non-hydrogen) atoms. The van der Waals surface area contributed by atoms with E-state index in [1.807, 2.05) is 30.3 Å². The minimum Gasteiger partial charge on any atom is -0.347 e. The van der Waals surface area contributed by atoms with Gasteiger partial charge in [-0.15, -0.1) is 0 Å². The summed E-state index contributed by atoms with van der Waals surface area (Å²) in [7, 11) is 0. The average Bonchev–Trinajstić information content (AvgIpc) is 2.50. The van der Waals surface area contributed by atoms with E-state index in [4.69, 9.17) is 11.6 Å². The molecule has 0 fully saturated rings. The van der Waals surface area contributed by atoms with E-state index in [9.17, 15) is 9.59 Å². The highest BCUT2D eigenvalue weighted by molar-refractivity contribution is 6.39. The molecule has 2 rings (SSSR count). The van der Waals surface area contributed by atoms with Gasteiger partial charge in [-0.3, -0.25) is 9.59 Å². The fourth-order valence-corrected chi connectivity index (χ4v) is 1.89. The van der Waals surface area contributed by atoms with Crippen LogP contribution in [0.3, 0.4) is 0 Å². The van der Waals surface area contributed by atoms with Crippen molar-refractivity contribution >= 4 is 29.1 Å². The average molecular weight is 303 g/mol. The van der Waals surface area contributed by atoms with Gasteiger partial charge in [0.1, 0.15) is 0 Å². The second kappa shape index (κ2) is 7.45. The first-order valence-corrected chi connectivity index (χ1v) is 6.91. The van der Waals surface area contributed by atoms with Crippen molar-refractivity contribution < 1.29 is 9.59 Å². The summed E-state index contributed by atoms with van der Waals surface area (Å²) >= 11 is 5.75. The standard InChI is InChI=1S/C16H15ClN2O2/c17-13-6-8-14(9-7-13)19-16(21)15(20)18-11-10-12-4-2-1-3-5-12/h1-9H,10-11H2,(H,18,20)(H,19,21). The molecule has 2 amide bonds. The molecule has 0 aliphatic carbocycles. The highest BCUT2D eigenvalue weighted by atomic mass is 35.5. The molecule has 0 heterocycles. The van der Waals surface area contributed by atoms with Crippen molar-refractivity contribution in [2.45, 2.75) is 6.42 Å². The highest BCUT2D eigenvalue weighted by Gasteiger charge is 2.12. The maximum Gasteiger partial charge on any atom is 0.313 e. The third kappa shape index (κ3) is 4.93. The number of anilines is 1. The minimum atomic E-state index is -0.689. The largest absolute Gasteiger partial charge is 0.347 e. The number of halogens is 1. The SMILES string of the molecule is O=C(NCCc1ccccc1)C(=O)Nc1ccc(Cl)cc1. The molecule has 0 saturated heterocycles. The molecule has 2 aromatic rings. The molecule has 108 valence electrons. The van der Waals surface area contributed by atoms with Crippen LogP contribution in [0.1, 0.15) is 5.56 Å². The second-order valence-electron chi connectivity index (χ2n) is 4.45. The number of amides is 2. The highest BCUT2D eigenvalue weighted by Crippen LogP contribution is 2.13. The Balaban J connectivity index is 1.77. The fraction of sp³-hybridized carbons (Fsp3) is 0.125. The third-order valence-corrected chi connectivity index (χ3v) is 3.10. The number of carbonyl (C=O) groups is 2. The summed E-state index contributed by atoms with van der Waals surface area (Å²) < 4.78 is 0. The Hall–Kier alpha value is -2.33. The molecule has 4 nitrogen and oxygen atoms in total. The van der Waals surface area contributed by atoms with Crippen LogP contribution in [0.4, 0.5) is 5.69 Å². The summed E-state index contributed by atoms with van der Waals surface area (Å²) in [5.74, 6) is -1.34. The van der Waals surface area contributed by atoms with Crippen LogP contribution in [0.15, 0.2) is 54.6 Å². The van der Waals surface area contributed by atoms with Crippen molar-refractivity contribution in [2.75, 3.05) is 11.9 Å².